The Balaban J connectivity index is 0.918. The number of benzene rings is 5. The molecular weight excluding hydrogens is 1040 g/mol. The van der Waals surface area contributed by atoms with E-state index in [0.29, 0.717) is 24.0 Å². The van der Waals surface area contributed by atoms with Crippen LogP contribution in [0.3, 0.4) is 0 Å². The number of rotatable bonds is 16. The van der Waals surface area contributed by atoms with Crippen molar-refractivity contribution in [3.8, 4) is 22.5 Å². The SMILES string of the molecule is CN[C@@H](C)C(=O)N[C@H](C(=O)N1C[C@@H](NC(=O)c2ccc(C(=O)N[C@H]3C[C@@H](c4nc(-c5ccc6ccccc6c5)cs4)N(C(=O)[C@@H](NC(=O)[C@H](C)NC)C(C)(C)C)C3)cc2)C[C@H]1c1nc(-c2ccc3ccccc3c2)cs1)C(C)(C)C. The maximum Gasteiger partial charge on any atom is 0.251 e. The number of likely N-dealkylation sites (tertiary alicyclic amines) is 2. The lowest BCUT2D eigenvalue weighted by atomic mass is 9.85. The molecule has 0 bridgehead atoms. The topological polar surface area (TPSA) is 207 Å². The van der Waals surface area contributed by atoms with Crippen molar-refractivity contribution < 1.29 is 28.8 Å². The average Bonchev–Trinajstić information content (AvgIpc) is 4.36. The molecule has 2 aromatic heterocycles. The van der Waals surface area contributed by atoms with Crippen LogP contribution in [0.2, 0.25) is 0 Å². The highest BCUT2D eigenvalue weighted by Gasteiger charge is 2.46. The van der Waals surface area contributed by atoms with Gasteiger partial charge >= 0.3 is 0 Å². The molecule has 2 saturated heterocycles. The Morgan fingerprint density at radius 1 is 0.525 bits per heavy atom. The van der Waals surface area contributed by atoms with Gasteiger partial charge in [0.2, 0.25) is 23.6 Å². The maximum atomic E-state index is 14.8. The van der Waals surface area contributed by atoms with Crippen LogP contribution in [0.4, 0.5) is 0 Å². The molecular formula is C62H72N10O6S2. The molecule has 8 atom stereocenters. The van der Waals surface area contributed by atoms with E-state index in [2.05, 4.69) is 80.4 Å². The van der Waals surface area contributed by atoms with Crippen LogP contribution >= 0.6 is 22.7 Å². The van der Waals surface area contributed by atoms with Crippen molar-refractivity contribution in [3.63, 3.8) is 0 Å². The minimum absolute atomic E-state index is 0.177. The Morgan fingerprint density at radius 3 is 1.24 bits per heavy atom. The van der Waals surface area contributed by atoms with Gasteiger partial charge in [0.05, 0.1) is 35.6 Å². The van der Waals surface area contributed by atoms with E-state index in [0.717, 1.165) is 54.1 Å². The third-order valence-electron chi connectivity index (χ3n) is 15.4. The van der Waals surface area contributed by atoms with Gasteiger partial charge in [0, 0.05) is 58.2 Å². The van der Waals surface area contributed by atoms with E-state index in [1.54, 1.807) is 62.0 Å². The highest BCUT2D eigenvalue weighted by Crippen LogP contribution is 2.40. The summed E-state index contributed by atoms with van der Waals surface area (Å²) in [5, 5.41) is 28.1. The fourth-order valence-electron chi connectivity index (χ4n) is 10.4. The summed E-state index contributed by atoms with van der Waals surface area (Å²) < 4.78 is 0. The Hall–Kier alpha value is -7.38. The van der Waals surface area contributed by atoms with Crippen LogP contribution in [0.1, 0.15) is 111 Å². The lowest BCUT2D eigenvalue weighted by Gasteiger charge is -2.36. The van der Waals surface area contributed by atoms with Crippen LogP contribution in [0.5, 0.6) is 0 Å². The molecule has 0 saturated carbocycles. The van der Waals surface area contributed by atoms with Crippen molar-refractivity contribution in [2.75, 3.05) is 27.2 Å². The van der Waals surface area contributed by atoms with E-state index in [4.69, 9.17) is 9.97 Å². The molecule has 6 amide bonds. The van der Waals surface area contributed by atoms with E-state index in [1.807, 2.05) is 88.7 Å². The molecule has 4 heterocycles. The number of amides is 6. The molecule has 7 aromatic rings. The fraction of sp³-hybridized carbons (Fsp3) is 0.387. The molecule has 0 radical (unpaired) electrons. The van der Waals surface area contributed by atoms with Gasteiger partial charge in [0.25, 0.3) is 11.8 Å². The lowest BCUT2D eigenvalue weighted by molar-refractivity contribution is -0.140. The van der Waals surface area contributed by atoms with Crippen molar-refractivity contribution in [1.29, 1.82) is 0 Å². The number of likely N-dealkylation sites (N-methyl/N-ethyl adjacent to an activating group) is 2. The Kier molecular flexibility index (Phi) is 17.0. The van der Waals surface area contributed by atoms with Crippen LogP contribution in [0.15, 0.2) is 120 Å². The first-order chi connectivity index (χ1) is 38.1. The normalized spacial score (nSPS) is 19.1. The van der Waals surface area contributed by atoms with Crippen molar-refractivity contribution in [3.05, 3.63) is 141 Å². The molecule has 16 nitrogen and oxygen atoms in total. The first-order valence-electron chi connectivity index (χ1n) is 27.3. The Labute approximate surface area is 475 Å². The highest BCUT2D eigenvalue weighted by molar-refractivity contribution is 7.10. The average molecular weight is 1120 g/mol. The monoisotopic (exact) mass is 1120 g/mol. The number of nitrogens with zero attached hydrogens (tertiary/aromatic N) is 4. The quantitative estimate of drug-likeness (QED) is 0.0543. The molecule has 5 aromatic carbocycles. The third kappa shape index (κ3) is 12.6. The van der Waals surface area contributed by atoms with E-state index in [-0.39, 0.29) is 48.5 Å². The summed E-state index contributed by atoms with van der Waals surface area (Å²) in [4.78, 5) is 98.1. The number of hydrogen-bond acceptors (Lipinski definition) is 12. The zero-order valence-electron chi connectivity index (χ0n) is 47.0. The van der Waals surface area contributed by atoms with Gasteiger partial charge in [-0.3, -0.25) is 28.8 Å². The molecule has 9 rings (SSSR count). The number of hydrogen-bond donors (Lipinski definition) is 6. The summed E-state index contributed by atoms with van der Waals surface area (Å²) >= 11 is 2.91. The van der Waals surface area contributed by atoms with E-state index >= 15 is 0 Å². The largest absolute Gasteiger partial charge is 0.347 e. The summed E-state index contributed by atoms with van der Waals surface area (Å²) in [6.45, 7) is 15.3. The van der Waals surface area contributed by atoms with E-state index in [1.165, 1.54) is 22.7 Å². The molecule has 2 fully saturated rings. The first-order valence-corrected chi connectivity index (χ1v) is 29.0. The number of fused-ring (bicyclic) bond motifs is 2. The standard InChI is InChI=1S/C62H72N10O6S2/c1-35(63-9)53(73)69-51(61(3,4)5)59(77)71-31-45(29-49(71)57-67-47(33-79-57)43-25-19-37-15-11-13-17-41(37)27-43)65-55(75)39-21-23-40(24-22-39)56(76)66-46-30-50(72(32-46)60(78)52(62(6,7)8)70-54(74)36(2)64-10)58-68-48(34-80-58)44-26-20-38-16-12-14-18-42(38)28-44/h11-28,33-36,45-46,49-52,63-64H,29-32H2,1-10H3,(H,65,75)(H,66,76)(H,69,73)(H,70,74)/t35-,36-,45-,46-,49-,50-,51+,52+/m0/s1. The molecule has 418 valence electrons. The molecule has 80 heavy (non-hydrogen) atoms. The predicted molar refractivity (Wildman–Crippen MR) is 317 cm³/mol. The second-order valence-corrected chi connectivity index (χ2v) is 25.1. The second kappa shape index (κ2) is 23.8. The number of thiazole rings is 2. The third-order valence-corrected chi connectivity index (χ3v) is 17.3. The summed E-state index contributed by atoms with van der Waals surface area (Å²) in [6, 6.07) is 30.3. The van der Waals surface area contributed by atoms with Crippen molar-refractivity contribution in [1.82, 2.24) is 51.7 Å². The Bertz CT molecular complexity index is 3210. The number of nitrogens with one attached hydrogen (secondary N) is 6. The molecule has 0 spiro atoms. The van der Waals surface area contributed by atoms with Crippen LogP contribution < -0.4 is 31.9 Å². The molecule has 6 N–H and O–H groups in total. The highest BCUT2D eigenvalue weighted by atomic mass is 32.1. The minimum atomic E-state index is -0.873. The summed E-state index contributed by atoms with van der Waals surface area (Å²) in [7, 11) is 3.38. The van der Waals surface area contributed by atoms with Gasteiger partial charge in [0.15, 0.2) is 0 Å². The number of aromatic nitrogens is 2. The van der Waals surface area contributed by atoms with Crippen molar-refractivity contribution in [2.24, 2.45) is 10.8 Å². The predicted octanol–water partition coefficient (Wildman–Crippen LogP) is 8.66. The van der Waals surface area contributed by atoms with Gasteiger partial charge in [-0.1, -0.05) is 114 Å². The van der Waals surface area contributed by atoms with E-state index < -0.39 is 59.2 Å². The van der Waals surface area contributed by atoms with Crippen LogP contribution in [-0.2, 0) is 19.2 Å². The van der Waals surface area contributed by atoms with Gasteiger partial charge in [-0.05, 0) is 110 Å². The van der Waals surface area contributed by atoms with Crippen LogP contribution in [-0.4, -0.2) is 119 Å². The molecule has 0 unspecified atom stereocenters. The van der Waals surface area contributed by atoms with Gasteiger partial charge in [0.1, 0.15) is 22.1 Å². The van der Waals surface area contributed by atoms with Gasteiger partial charge in [-0.15, -0.1) is 22.7 Å². The smallest absolute Gasteiger partial charge is 0.251 e. The fourth-order valence-corrected chi connectivity index (χ4v) is 12.3. The summed E-state index contributed by atoms with van der Waals surface area (Å²) in [5.41, 5.74) is 2.79. The first kappa shape index (κ1) is 57.3. The lowest BCUT2D eigenvalue weighted by Crippen LogP contribution is -2.57. The van der Waals surface area contributed by atoms with E-state index in [9.17, 15) is 28.8 Å². The second-order valence-electron chi connectivity index (χ2n) is 23.3. The zero-order valence-corrected chi connectivity index (χ0v) is 48.7. The summed E-state index contributed by atoms with van der Waals surface area (Å²) in [6.07, 6.45) is 0.762. The van der Waals surface area contributed by atoms with Crippen molar-refractivity contribution in [2.45, 2.75) is 117 Å². The van der Waals surface area contributed by atoms with Crippen LogP contribution in [0, 0.1) is 10.8 Å². The van der Waals surface area contributed by atoms with Gasteiger partial charge in [-0.25, -0.2) is 9.97 Å². The maximum absolute atomic E-state index is 14.8. The van der Waals surface area contributed by atoms with Gasteiger partial charge < -0.3 is 41.7 Å². The molecule has 2 aliphatic heterocycles. The molecule has 18 heteroatoms. The molecule has 0 aliphatic carbocycles. The minimum Gasteiger partial charge on any atom is -0.347 e. The Morgan fingerprint density at radius 2 is 0.887 bits per heavy atom. The van der Waals surface area contributed by atoms with Crippen LogP contribution in [0.25, 0.3) is 44.1 Å². The van der Waals surface area contributed by atoms with Gasteiger partial charge in [-0.2, -0.15) is 0 Å². The van der Waals surface area contributed by atoms with Crippen molar-refractivity contribution >= 4 is 79.7 Å². The molecule has 2 aliphatic rings. The number of carbonyl (C=O) groups is 6. The number of carbonyl (C=O) groups excluding carboxylic acids is 6. The zero-order chi connectivity index (χ0) is 57.2. The summed E-state index contributed by atoms with van der Waals surface area (Å²) in [5.74, 6) is -1.90.